The summed E-state index contributed by atoms with van der Waals surface area (Å²) in [5.41, 5.74) is 7.75. The lowest BCUT2D eigenvalue weighted by Crippen LogP contribution is -2.21. The van der Waals surface area contributed by atoms with Gasteiger partial charge in [-0.3, -0.25) is 0 Å². The van der Waals surface area contributed by atoms with E-state index in [0.717, 1.165) is 11.3 Å². The highest BCUT2D eigenvalue weighted by atomic mass is 16.5. The first-order valence-electron chi connectivity index (χ1n) is 5.61. The van der Waals surface area contributed by atoms with Crippen LogP contribution in [0.2, 0.25) is 0 Å². The van der Waals surface area contributed by atoms with Gasteiger partial charge in [-0.2, -0.15) is 0 Å². The zero-order valence-electron chi connectivity index (χ0n) is 10.2. The highest BCUT2D eigenvalue weighted by molar-refractivity contribution is 5.39. The molecule has 0 aliphatic rings. The summed E-state index contributed by atoms with van der Waals surface area (Å²) in [4.78, 5) is 0. The van der Waals surface area contributed by atoms with Crippen LogP contribution in [0, 0.1) is 6.92 Å². The van der Waals surface area contributed by atoms with Crippen molar-refractivity contribution in [3.8, 4) is 5.75 Å². The Hall–Kier alpha value is -1.06. The molecule has 0 saturated heterocycles. The lowest BCUT2D eigenvalue weighted by atomic mass is 9.93. The average Bonchev–Trinajstić information content (AvgIpc) is 2.28. The number of benzene rings is 1. The van der Waals surface area contributed by atoms with Gasteiger partial charge < -0.3 is 15.6 Å². The lowest BCUT2D eigenvalue weighted by Gasteiger charge is -2.18. The van der Waals surface area contributed by atoms with Crippen LogP contribution in [-0.2, 0) is 0 Å². The predicted octanol–water partition coefficient (Wildman–Crippen LogP) is 1.82. The zero-order valence-corrected chi connectivity index (χ0v) is 10.2. The maximum absolute atomic E-state index is 9.56. The quantitative estimate of drug-likeness (QED) is 0.800. The van der Waals surface area contributed by atoms with Gasteiger partial charge in [0.25, 0.3) is 0 Å². The third kappa shape index (κ3) is 3.22. The van der Waals surface area contributed by atoms with E-state index in [9.17, 15) is 5.11 Å². The van der Waals surface area contributed by atoms with Crippen LogP contribution in [0.25, 0.3) is 0 Å². The minimum absolute atomic E-state index is 0.244. The van der Waals surface area contributed by atoms with Crippen LogP contribution < -0.4 is 10.5 Å². The van der Waals surface area contributed by atoms with Gasteiger partial charge in [-0.25, -0.2) is 0 Å². The van der Waals surface area contributed by atoms with Crippen LogP contribution in [0.3, 0.4) is 0 Å². The highest BCUT2D eigenvalue weighted by Gasteiger charge is 2.15. The molecule has 0 fully saturated rings. The number of aryl methyl sites for hydroxylation is 1. The molecule has 1 aromatic carbocycles. The minimum Gasteiger partial charge on any atom is -0.496 e. The van der Waals surface area contributed by atoms with Crippen molar-refractivity contribution in [1.29, 1.82) is 0 Å². The minimum atomic E-state index is -0.444. The van der Waals surface area contributed by atoms with Crippen LogP contribution in [0.5, 0.6) is 5.75 Å². The lowest BCUT2D eigenvalue weighted by molar-refractivity contribution is 0.164. The molecule has 2 atom stereocenters. The summed E-state index contributed by atoms with van der Waals surface area (Å²) in [6.07, 6.45) is 0.219. The largest absolute Gasteiger partial charge is 0.496 e. The first-order chi connectivity index (χ1) is 7.58. The van der Waals surface area contributed by atoms with Gasteiger partial charge in [-0.1, -0.05) is 24.6 Å². The number of nitrogens with two attached hydrogens (primary N) is 1. The molecule has 16 heavy (non-hydrogen) atoms. The van der Waals surface area contributed by atoms with Gasteiger partial charge in [0.05, 0.1) is 13.2 Å². The van der Waals surface area contributed by atoms with E-state index < -0.39 is 6.10 Å². The smallest absolute Gasteiger partial charge is 0.122 e. The summed E-state index contributed by atoms with van der Waals surface area (Å²) < 4.78 is 5.32. The van der Waals surface area contributed by atoms with Crippen LogP contribution in [0.1, 0.15) is 30.4 Å². The topological polar surface area (TPSA) is 55.5 Å². The summed E-state index contributed by atoms with van der Waals surface area (Å²) in [7, 11) is 1.67. The fourth-order valence-electron chi connectivity index (χ4n) is 1.87. The number of aliphatic hydroxyl groups excluding tert-OH is 1. The molecular weight excluding hydrogens is 202 g/mol. The summed E-state index contributed by atoms with van der Waals surface area (Å²) in [5, 5.41) is 9.56. The molecule has 3 nitrogen and oxygen atoms in total. The first kappa shape index (κ1) is 13.0. The predicted molar refractivity (Wildman–Crippen MR) is 65.8 cm³/mol. The summed E-state index contributed by atoms with van der Waals surface area (Å²) in [6.45, 7) is 4.43. The second-order valence-electron chi connectivity index (χ2n) is 4.27. The standard InChI is InChI=1S/C13H21NO2/c1-9-4-5-13(16-3)12(6-9)10(2)7-11(15)8-14/h4-6,10-11,15H,7-8,14H2,1-3H3. The van der Waals surface area contributed by atoms with E-state index in [4.69, 9.17) is 10.5 Å². The van der Waals surface area contributed by atoms with Crippen molar-refractivity contribution in [3.63, 3.8) is 0 Å². The average molecular weight is 223 g/mol. The number of rotatable bonds is 5. The third-order valence-corrected chi connectivity index (χ3v) is 2.81. The maximum Gasteiger partial charge on any atom is 0.122 e. The zero-order chi connectivity index (χ0) is 12.1. The fraction of sp³-hybridized carbons (Fsp3) is 0.538. The van der Waals surface area contributed by atoms with Crippen molar-refractivity contribution < 1.29 is 9.84 Å². The molecule has 3 N–H and O–H groups in total. The first-order valence-corrected chi connectivity index (χ1v) is 5.61. The fourth-order valence-corrected chi connectivity index (χ4v) is 1.87. The van der Waals surface area contributed by atoms with E-state index in [0.29, 0.717) is 13.0 Å². The van der Waals surface area contributed by atoms with Crippen LogP contribution in [0.4, 0.5) is 0 Å². The van der Waals surface area contributed by atoms with Gasteiger partial charge in [0.1, 0.15) is 5.75 Å². The van der Waals surface area contributed by atoms with Gasteiger partial charge in [0, 0.05) is 6.54 Å². The number of methoxy groups -OCH3 is 1. The highest BCUT2D eigenvalue weighted by Crippen LogP contribution is 2.30. The number of hydrogen-bond acceptors (Lipinski definition) is 3. The van der Waals surface area contributed by atoms with E-state index >= 15 is 0 Å². The van der Waals surface area contributed by atoms with E-state index in [1.807, 2.05) is 12.1 Å². The molecule has 0 heterocycles. The van der Waals surface area contributed by atoms with Gasteiger partial charge >= 0.3 is 0 Å². The third-order valence-electron chi connectivity index (χ3n) is 2.81. The van der Waals surface area contributed by atoms with Crippen molar-refractivity contribution in [1.82, 2.24) is 0 Å². The molecule has 0 radical (unpaired) electrons. The van der Waals surface area contributed by atoms with Crippen molar-refractivity contribution in [3.05, 3.63) is 29.3 Å². The molecule has 0 aliphatic heterocycles. The monoisotopic (exact) mass is 223 g/mol. The summed E-state index contributed by atoms with van der Waals surface area (Å²) >= 11 is 0. The molecule has 0 bridgehead atoms. The number of aliphatic hydroxyl groups is 1. The summed E-state index contributed by atoms with van der Waals surface area (Å²) in [6, 6.07) is 6.09. The van der Waals surface area contributed by atoms with Gasteiger partial charge in [0.2, 0.25) is 0 Å². The second kappa shape index (κ2) is 5.87. The molecule has 0 saturated carbocycles. The van der Waals surface area contributed by atoms with E-state index in [2.05, 4.69) is 19.9 Å². The molecule has 0 aliphatic carbocycles. The van der Waals surface area contributed by atoms with Crippen LogP contribution >= 0.6 is 0 Å². The van der Waals surface area contributed by atoms with E-state index in [1.54, 1.807) is 7.11 Å². The molecule has 2 unspecified atom stereocenters. The van der Waals surface area contributed by atoms with Gasteiger partial charge in [-0.15, -0.1) is 0 Å². The van der Waals surface area contributed by atoms with E-state index in [1.165, 1.54) is 5.56 Å². The Morgan fingerprint density at radius 1 is 1.44 bits per heavy atom. The normalized spacial score (nSPS) is 14.6. The SMILES string of the molecule is COc1ccc(C)cc1C(C)CC(O)CN. The van der Waals surface area contributed by atoms with Crippen molar-refractivity contribution in [2.24, 2.45) is 5.73 Å². The number of ether oxygens (including phenoxy) is 1. The Morgan fingerprint density at radius 2 is 2.12 bits per heavy atom. The molecule has 0 aromatic heterocycles. The molecular formula is C13H21NO2. The summed E-state index contributed by atoms with van der Waals surface area (Å²) in [5.74, 6) is 1.12. The molecule has 1 rings (SSSR count). The Balaban J connectivity index is 2.88. The Bertz CT molecular complexity index is 339. The molecule has 0 amide bonds. The Kier molecular flexibility index (Phi) is 4.77. The van der Waals surface area contributed by atoms with Crippen LogP contribution in [0.15, 0.2) is 18.2 Å². The molecule has 90 valence electrons. The Morgan fingerprint density at radius 3 is 2.69 bits per heavy atom. The van der Waals surface area contributed by atoms with Crippen molar-refractivity contribution in [2.45, 2.75) is 32.3 Å². The Labute approximate surface area is 97.2 Å². The molecule has 3 heteroatoms. The van der Waals surface area contributed by atoms with E-state index in [-0.39, 0.29) is 5.92 Å². The molecule has 0 spiro atoms. The van der Waals surface area contributed by atoms with Crippen molar-refractivity contribution in [2.75, 3.05) is 13.7 Å². The van der Waals surface area contributed by atoms with Gasteiger partial charge in [-0.05, 0) is 30.9 Å². The second-order valence-corrected chi connectivity index (χ2v) is 4.27. The van der Waals surface area contributed by atoms with Gasteiger partial charge in [0.15, 0.2) is 0 Å². The number of hydrogen-bond donors (Lipinski definition) is 2. The van der Waals surface area contributed by atoms with Crippen molar-refractivity contribution >= 4 is 0 Å². The van der Waals surface area contributed by atoms with Crippen LogP contribution in [-0.4, -0.2) is 24.9 Å². The maximum atomic E-state index is 9.56. The molecule has 1 aromatic rings.